The van der Waals surface area contributed by atoms with E-state index >= 15 is 0 Å². The number of rotatable bonds is 5. The van der Waals surface area contributed by atoms with Gasteiger partial charge in [0, 0.05) is 6.54 Å². The highest BCUT2D eigenvalue weighted by atomic mass is 16.5. The zero-order chi connectivity index (χ0) is 18.1. The standard InChI is InChI=1S/C19H14N2O5/c22-17(25-11-16-20-14-7-3-4-8-15(14)26-16)9-10-21-18(23)12-5-1-2-6-13(12)19(21)24/h1-8H,9-11H2. The monoisotopic (exact) mass is 350 g/mol. The summed E-state index contributed by atoms with van der Waals surface area (Å²) in [4.78, 5) is 41.7. The third-order valence-corrected chi connectivity index (χ3v) is 4.11. The molecule has 0 N–H and O–H groups in total. The zero-order valence-corrected chi connectivity index (χ0v) is 13.7. The van der Waals surface area contributed by atoms with Crippen molar-refractivity contribution in [2.75, 3.05) is 6.54 Å². The van der Waals surface area contributed by atoms with E-state index in [9.17, 15) is 14.4 Å². The Hall–Kier alpha value is -3.48. The fourth-order valence-corrected chi connectivity index (χ4v) is 2.84. The normalized spacial score (nSPS) is 13.3. The maximum absolute atomic E-state index is 12.2. The summed E-state index contributed by atoms with van der Waals surface area (Å²) >= 11 is 0. The molecule has 0 fully saturated rings. The van der Waals surface area contributed by atoms with Gasteiger partial charge in [0.1, 0.15) is 5.52 Å². The summed E-state index contributed by atoms with van der Waals surface area (Å²) in [5.41, 5.74) is 2.02. The Bertz CT molecular complexity index is 955. The number of ether oxygens (including phenoxy) is 1. The molecule has 4 rings (SSSR count). The second-order valence-electron chi connectivity index (χ2n) is 5.79. The predicted octanol–water partition coefficient (Wildman–Crippen LogP) is 2.56. The first-order valence-corrected chi connectivity index (χ1v) is 8.09. The van der Waals surface area contributed by atoms with Crippen LogP contribution in [-0.2, 0) is 16.1 Å². The van der Waals surface area contributed by atoms with Crippen LogP contribution in [-0.4, -0.2) is 34.2 Å². The topological polar surface area (TPSA) is 89.7 Å². The number of carbonyl (C=O) groups excluding carboxylic acids is 3. The average molecular weight is 350 g/mol. The number of hydrogen-bond acceptors (Lipinski definition) is 6. The van der Waals surface area contributed by atoms with Crippen LogP contribution in [0.15, 0.2) is 52.9 Å². The van der Waals surface area contributed by atoms with Crippen LogP contribution in [0.1, 0.15) is 33.0 Å². The van der Waals surface area contributed by atoms with Gasteiger partial charge < -0.3 is 9.15 Å². The first-order valence-electron chi connectivity index (χ1n) is 8.09. The Kier molecular flexibility index (Phi) is 3.96. The number of aromatic nitrogens is 1. The molecule has 0 spiro atoms. The third kappa shape index (κ3) is 2.83. The van der Waals surface area contributed by atoms with E-state index in [0.717, 1.165) is 4.90 Å². The Morgan fingerprint density at radius 1 is 1.00 bits per heavy atom. The van der Waals surface area contributed by atoms with Gasteiger partial charge in [-0.3, -0.25) is 19.3 Å². The largest absolute Gasteiger partial charge is 0.456 e. The minimum Gasteiger partial charge on any atom is -0.456 e. The predicted molar refractivity (Wildman–Crippen MR) is 90.2 cm³/mol. The summed E-state index contributed by atoms with van der Waals surface area (Å²) < 4.78 is 10.6. The van der Waals surface area contributed by atoms with Crippen LogP contribution < -0.4 is 0 Å². The van der Waals surface area contributed by atoms with E-state index in [-0.39, 0.29) is 19.6 Å². The van der Waals surface area contributed by atoms with Gasteiger partial charge in [-0.2, -0.15) is 0 Å². The van der Waals surface area contributed by atoms with Gasteiger partial charge in [-0.25, -0.2) is 4.98 Å². The second-order valence-corrected chi connectivity index (χ2v) is 5.79. The summed E-state index contributed by atoms with van der Waals surface area (Å²) in [5, 5.41) is 0. The fourth-order valence-electron chi connectivity index (χ4n) is 2.84. The molecule has 0 saturated heterocycles. The average Bonchev–Trinajstić information content (AvgIpc) is 3.18. The van der Waals surface area contributed by atoms with Crippen molar-refractivity contribution in [3.05, 3.63) is 65.5 Å². The molecule has 1 aliphatic rings. The molecule has 0 atom stereocenters. The summed E-state index contributed by atoms with van der Waals surface area (Å²) in [6.45, 7) is -0.131. The minimum atomic E-state index is -0.538. The first kappa shape index (κ1) is 16.0. The smallest absolute Gasteiger partial charge is 0.308 e. The van der Waals surface area contributed by atoms with Crippen LogP contribution in [0.2, 0.25) is 0 Å². The molecule has 7 heteroatoms. The number of imide groups is 1. The van der Waals surface area contributed by atoms with Crippen LogP contribution in [0.5, 0.6) is 0 Å². The van der Waals surface area contributed by atoms with Crippen molar-refractivity contribution in [2.45, 2.75) is 13.0 Å². The number of oxazole rings is 1. The summed E-state index contributed by atoms with van der Waals surface area (Å²) in [6.07, 6.45) is -0.0916. The number of fused-ring (bicyclic) bond motifs is 2. The van der Waals surface area contributed by atoms with Crippen molar-refractivity contribution in [3.63, 3.8) is 0 Å². The zero-order valence-electron chi connectivity index (χ0n) is 13.7. The molecular formula is C19H14N2O5. The van der Waals surface area contributed by atoms with Crippen LogP contribution in [0.3, 0.4) is 0 Å². The molecule has 0 radical (unpaired) electrons. The number of amides is 2. The van der Waals surface area contributed by atoms with Crippen molar-refractivity contribution >= 4 is 28.9 Å². The van der Waals surface area contributed by atoms with Gasteiger partial charge in [0.15, 0.2) is 12.2 Å². The number of esters is 1. The molecule has 130 valence electrons. The van der Waals surface area contributed by atoms with Crippen LogP contribution >= 0.6 is 0 Å². The number of carbonyl (C=O) groups is 3. The third-order valence-electron chi connectivity index (χ3n) is 4.11. The SMILES string of the molecule is O=C(CCN1C(=O)c2ccccc2C1=O)OCc1nc2ccccc2o1. The molecule has 0 bridgehead atoms. The molecule has 1 aromatic heterocycles. The second kappa shape index (κ2) is 6.44. The van der Waals surface area contributed by atoms with E-state index in [2.05, 4.69) is 4.98 Å². The molecule has 7 nitrogen and oxygen atoms in total. The van der Waals surface area contributed by atoms with E-state index in [0.29, 0.717) is 28.1 Å². The molecule has 0 saturated carbocycles. The Labute approximate surface area is 148 Å². The first-order chi connectivity index (χ1) is 12.6. The lowest BCUT2D eigenvalue weighted by atomic mass is 10.1. The van der Waals surface area contributed by atoms with Gasteiger partial charge in [0.2, 0.25) is 5.89 Å². The minimum absolute atomic E-state index is 0.0290. The van der Waals surface area contributed by atoms with Gasteiger partial charge in [-0.05, 0) is 24.3 Å². The molecule has 1 aliphatic heterocycles. The molecular weight excluding hydrogens is 336 g/mol. The van der Waals surface area contributed by atoms with Crippen LogP contribution in [0, 0.1) is 0 Å². The Morgan fingerprint density at radius 3 is 2.35 bits per heavy atom. The van der Waals surface area contributed by atoms with Crippen LogP contribution in [0.4, 0.5) is 0 Å². The summed E-state index contributed by atoms with van der Waals surface area (Å²) in [6, 6.07) is 13.8. The van der Waals surface area contributed by atoms with Gasteiger partial charge in [0.25, 0.3) is 11.8 Å². The summed E-state index contributed by atoms with van der Waals surface area (Å²) in [5.74, 6) is -1.03. The maximum atomic E-state index is 12.2. The van der Waals surface area contributed by atoms with E-state index in [1.54, 1.807) is 36.4 Å². The van der Waals surface area contributed by atoms with Crippen LogP contribution in [0.25, 0.3) is 11.1 Å². The van der Waals surface area contributed by atoms with Crippen molar-refractivity contribution < 1.29 is 23.5 Å². The molecule has 2 amide bonds. The van der Waals surface area contributed by atoms with Crippen molar-refractivity contribution in [1.29, 1.82) is 0 Å². The Morgan fingerprint density at radius 2 is 1.65 bits per heavy atom. The van der Waals surface area contributed by atoms with Crippen molar-refractivity contribution in [1.82, 2.24) is 9.88 Å². The highest BCUT2D eigenvalue weighted by molar-refractivity contribution is 6.21. The van der Waals surface area contributed by atoms with E-state index in [1.807, 2.05) is 12.1 Å². The fraction of sp³-hybridized carbons (Fsp3) is 0.158. The van der Waals surface area contributed by atoms with E-state index in [4.69, 9.17) is 9.15 Å². The quantitative estimate of drug-likeness (QED) is 0.519. The number of hydrogen-bond donors (Lipinski definition) is 0. The van der Waals surface area contributed by atoms with Gasteiger partial charge >= 0.3 is 5.97 Å². The maximum Gasteiger partial charge on any atom is 0.308 e. The number of nitrogens with zero attached hydrogens (tertiary/aromatic N) is 2. The van der Waals surface area contributed by atoms with Gasteiger partial charge in [-0.1, -0.05) is 24.3 Å². The molecule has 26 heavy (non-hydrogen) atoms. The molecule has 3 aromatic rings. The van der Waals surface area contributed by atoms with Gasteiger partial charge in [-0.15, -0.1) is 0 Å². The molecule has 0 unspecified atom stereocenters. The highest BCUT2D eigenvalue weighted by Crippen LogP contribution is 2.22. The lowest BCUT2D eigenvalue weighted by Gasteiger charge is -2.12. The lowest BCUT2D eigenvalue weighted by Crippen LogP contribution is -2.32. The number of benzene rings is 2. The highest BCUT2D eigenvalue weighted by Gasteiger charge is 2.35. The van der Waals surface area contributed by atoms with Crippen molar-refractivity contribution in [3.8, 4) is 0 Å². The van der Waals surface area contributed by atoms with Gasteiger partial charge in [0.05, 0.1) is 17.5 Å². The molecule has 2 aromatic carbocycles. The lowest BCUT2D eigenvalue weighted by molar-refractivity contribution is -0.145. The van der Waals surface area contributed by atoms with Crippen molar-refractivity contribution in [2.24, 2.45) is 0 Å². The number of para-hydroxylation sites is 2. The molecule has 2 heterocycles. The molecule has 0 aliphatic carbocycles. The summed E-state index contributed by atoms with van der Waals surface area (Å²) in [7, 11) is 0. The Balaban J connectivity index is 1.33. The van der Waals surface area contributed by atoms with E-state index in [1.165, 1.54) is 0 Å². The van der Waals surface area contributed by atoms with E-state index < -0.39 is 17.8 Å².